The molecule has 0 saturated carbocycles. The van der Waals surface area contributed by atoms with Crippen LogP contribution in [0.15, 0.2) is 4.52 Å². The molecule has 102 valence electrons. The Balaban J connectivity index is 1.91. The Bertz CT molecular complexity index is 358. The fourth-order valence-corrected chi connectivity index (χ4v) is 2.18. The van der Waals surface area contributed by atoms with Crippen LogP contribution in [0.2, 0.25) is 0 Å². The number of rotatable bonds is 5. The minimum absolute atomic E-state index is 0.229. The molecule has 0 radical (unpaired) electrons. The van der Waals surface area contributed by atoms with E-state index in [4.69, 9.17) is 4.52 Å². The van der Waals surface area contributed by atoms with Crippen molar-refractivity contribution in [2.24, 2.45) is 5.92 Å². The first-order valence-electron chi connectivity index (χ1n) is 6.94. The van der Waals surface area contributed by atoms with E-state index in [1.165, 1.54) is 0 Å². The summed E-state index contributed by atoms with van der Waals surface area (Å²) in [5.74, 6) is 2.29. The molecule has 1 aliphatic rings. The van der Waals surface area contributed by atoms with Crippen LogP contribution in [-0.2, 0) is 6.42 Å². The lowest BCUT2D eigenvalue weighted by molar-refractivity contribution is 0.154. The van der Waals surface area contributed by atoms with Gasteiger partial charge in [0, 0.05) is 32.6 Å². The van der Waals surface area contributed by atoms with Gasteiger partial charge in [-0.3, -0.25) is 4.90 Å². The quantitative estimate of drug-likeness (QED) is 0.863. The lowest BCUT2D eigenvalue weighted by Crippen LogP contribution is -2.44. The van der Waals surface area contributed by atoms with Crippen LogP contribution in [0.4, 0.5) is 0 Å². The van der Waals surface area contributed by atoms with Crippen molar-refractivity contribution >= 4 is 0 Å². The SMILES string of the molecule is CC(C)CCc1noc(C(C)N2CCNCC2)n1. The molecule has 1 N–H and O–H groups in total. The van der Waals surface area contributed by atoms with Crippen molar-refractivity contribution < 1.29 is 4.52 Å². The van der Waals surface area contributed by atoms with Crippen LogP contribution >= 0.6 is 0 Å². The molecule has 0 bridgehead atoms. The van der Waals surface area contributed by atoms with Crippen LogP contribution in [0, 0.1) is 5.92 Å². The van der Waals surface area contributed by atoms with Gasteiger partial charge in [0.05, 0.1) is 6.04 Å². The molecule has 1 fully saturated rings. The molecule has 5 nitrogen and oxygen atoms in total. The normalized spacial score (nSPS) is 19.3. The molecule has 1 aliphatic heterocycles. The Hall–Kier alpha value is -0.940. The lowest BCUT2D eigenvalue weighted by Gasteiger charge is -2.30. The van der Waals surface area contributed by atoms with E-state index in [0.717, 1.165) is 50.7 Å². The first-order chi connectivity index (χ1) is 8.66. The van der Waals surface area contributed by atoms with Crippen LogP contribution in [0.5, 0.6) is 0 Å². The van der Waals surface area contributed by atoms with E-state index in [-0.39, 0.29) is 6.04 Å². The summed E-state index contributed by atoms with van der Waals surface area (Å²) >= 11 is 0. The Kier molecular flexibility index (Phi) is 4.72. The number of aryl methyl sites for hydroxylation is 1. The third-order valence-electron chi connectivity index (χ3n) is 3.49. The maximum Gasteiger partial charge on any atom is 0.243 e. The molecule has 0 aliphatic carbocycles. The lowest BCUT2D eigenvalue weighted by atomic mass is 10.1. The van der Waals surface area contributed by atoms with Gasteiger partial charge in [0.25, 0.3) is 0 Å². The van der Waals surface area contributed by atoms with Crippen LogP contribution < -0.4 is 5.32 Å². The average molecular weight is 252 g/mol. The van der Waals surface area contributed by atoms with Crippen molar-refractivity contribution in [3.63, 3.8) is 0 Å². The van der Waals surface area contributed by atoms with E-state index in [0.29, 0.717) is 5.92 Å². The highest BCUT2D eigenvalue weighted by molar-refractivity contribution is 4.93. The number of hydrogen-bond acceptors (Lipinski definition) is 5. The average Bonchev–Trinajstić information content (AvgIpc) is 2.85. The number of nitrogens with zero attached hydrogens (tertiary/aromatic N) is 3. The van der Waals surface area contributed by atoms with Crippen molar-refractivity contribution in [2.75, 3.05) is 26.2 Å². The monoisotopic (exact) mass is 252 g/mol. The summed E-state index contributed by atoms with van der Waals surface area (Å²) in [4.78, 5) is 6.90. The minimum Gasteiger partial charge on any atom is -0.338 e. The maximum atomic E-state index is 5.39. The van der Waals surface area contributed by atoms with E-state index in [1.54, 1.807) is 0 Å². The zero-order valence-electron chi connectivity index (χ0n) is 11.6. The summed E-state index contributed by atoms with van der Waals surface area (Å²) in [6.45, 7) is 10.7. The van der Waals surface area contributed by atoms with E-state index < -0.39 is 0 Å². The predicted octanol–water partition coefficient (Wildman–Crippen LogP) is 1.62. The van der Waals surface area contributed by atoms with E-state index >= 15 is 0 Å². The van der Waals surface area contributed by atoms with Gasteiger partial charge in [0.15, 0.2) is 5.82 Å². The Morgan fingerprint density at radius 1 is 1.28 bits per heavy atom. The van der Waals surface area contributed by atoms with Gasteiger partial charge in [0.1, 0.15) is 0 Å². The highest BCUT2D eigenvalue weighted by Gasteiger charge is 2.22. The van der Waals surface area contributed by atoms with E-state index in [1.807, 2.05) is 0 Å². The van der Waals surface area contributed by atoms with Gasteiger partial charge >= 0.3 is 0 Å². The highest BCUT2D eigenvalue weighted by atomic mass is 16.5. The summed E-state index contributed by atoms with van der Waals surface area (Å²) < 4.78 is 5.39. The van der Waals surface area contributed by atoms with Crippen molar-refractivity contribution in [1.29, 1.82) is 0 Å². The first kappa shape index (κ1) is 13.5. The molecular weight excluding hydrogens is 228 g/mol. The van der Waals surface area contributed by atoms with Crippen molar-refractivity contribution in [1.82, 2.24) is 20.4 Å². The zero-order valence-corrected chi connectivity index (χ0v) is 11.6. The molecule has 2 heterocycles. The topological polar surface area (TPSA) is 54.2 Å². The van der Waals surface area contributed by atoms with E-state index in [2.05, 4.69) is 41.1 Å². The largest absolute Gasteiger partial charge is 0.338 e. The smallest absolute Gasteiger partial charge is 0.243 e. The van der Waals surface area contributed by atoms with Crippen LogP contribution in [0.1, 0.15) is 44.9 Å². The molecule has 5 heteroatoms. The second-order valence-electron chi connectivity index (χ2n) is 5.44. The van der Waals surface area contributed by atoms with E-state index in [9.17, 15) is 0 Å². The van der Waals surface area contributed by atoms with Crippen LogP contribution in [0.3, 0.4) is 0 Å². The molecule has 18 heavy (non-hydrogen) atoms. The Morgan fingerprint density at radius 3 is 2.67 bits per heavy atom. The molecule has 2 rings (SSSR count). The summed E-state index contributed by atoms with van der Waals surface area (Å²) in [7, 11) is 0. The Morgan fingerprint density at radius 2 is 2.00 bits per heavy atom. The first-order valence-corrected chi connectivity index (χ1v) is 6.94. The van der Waals surface area contributed by atoms with Gasteiger partial charge < -0.3 is 9.84 Å². The van der Waals surface area contributed by atoms with Gasteiger partial charge in [-0.15, -0.1) is 0 Å². The molecule has 0 spiro atoms. The van der Waals surface area contributed by atoms with Crippen LogP contribution in [0.25, 0.3) is 0 Å². The fourth-order valence-electron chi connectivity index (χ4n) is 2.18. The molecular formula is C13H24N4O. The molecule has 0 amide bonds. The molecule has 1 aromatic rings. The minimum atomic E-state index is 0.229. The predicted molar refractivity (Wildman–Crippen MR) is 70.3 cm³/mol. The third kappa shape index (κ3) is 3.53. The Labute approximate surface area is 109 Å². The third-order valence-corrected chi connectivity index (χ3v) is 3.49. The standard InChI is InChI=1S/C13H24N4O/c1-10(2)4-5-12-15-13(18-16-12)11(3)17-8-6-14-7-9-17/h10-11,14H,4-9H2,1-3H3. The van der Waals surface area contributed by atoms with Gasteiger partial charge in [-0.2, -0.15) is 4.98 Å². The maximum absolute atomic E-state index is 5.39. The molecule has 0 aromatic carbocycles. The van der Waals surface area contributed by atoms with Gasteiger partial charge in [-0.05, 0) is 19.3 Å². The molecule has 1 aromatic heterocycles. The van der Waals surface area contributed by atoms with Crippen LogP contribution in [-0.4, -0.2) is 41.2 Å². The number of aromatic nitrogens is 2. The zero-order chi connectivity index (χ0) is 13.0. The summed E-state index contributed by atoms with van der Waals surface area (Å²) in [5, 5.41) is 7.43. The molecule has 1 atom stereocenters. The highest BCUT2D eigenvalue weighted by Crippen LogP contribution is 2.19. The fraction of sp³-hybridized carbons (Fsp3) is 0.846. The number of piperazine rings is 1. The summed E-state index contributed by atoms with van der Waals surface area (Å²) in [6, 6.07) is 0.229. The second-order valence-corrected chi connectivity index (χ2v) is 5.44. The van der Waals surface area contributed by atoms with Gasteiger partial charge in [-0.25, -0.2) is 0 Å². The molecule has 1 saturated heterocycles. The number of nitrogens with one attached hydrogen (secondary N) is 1. The number of hydrogen-bond donors (Lipinski definition) is 1. The molecule has 1 unspecified atom stereocenters. The summed E-state index contributed by atoms with van der Waals surface area (Å²) in [6.07, 6.45) is 2.02. The summed E-state index contributed by atoms with van der Waals surface area (Å²) in [5.41, 5.74) is 0. The second kappa shape index (κ2) is 6.29. The van der Waals surface area contributed by atoms with Gasteiger partial charge in [0.2, 0.25) is 5.89 Å². The van der Waals surface area contributed by atoms with Crippen molar-refractivity contribution in [2.45, 2.75) is 39.7 Å². The van der Waals surface area contributed by atoms with Crippen molar-refractivity contribution in [3.8, 4) is 0 Å². The van der Waals surface area contributed by atoms with Crippen molar-refractivity contribution in [3.05, 3.63) is 11.7 Å². The van der Waals surface area contributed by atoms with Gasteiger partial charge in [-0.1, -0.05) is 19.0 Å².